The second-order valence-corrected chi connectivity index (χ2v) is 10.3. The fraction of sp³-hybridized carbons (Fsp3) is 0.682. The van der Waals surface area contributed by atoms with E-state index in [1.807, 2.05) is 17.0 Å². The van der Waals surface area contributed by atoms with Crippen LogP contribution in [0.3, 0.4) is 0 Å². The lowest BCUT2D eigenvalue weighted by molar-refractivity contribution is -0.150. The standard InChI is InChI=1S/C22H32N2O5S/c25-21(24-15-5-2-6-20(24)22-28-16-17-29-22)12-9-18-7-10-19(11-8-18)30(26,27)23-13-3-1-4-14-23/h7-8,10-11,20,22H,1-6,9,12-17H2. The predicted molar refractivity (Wildman–Crippen MR) is 112 cm³/mol. The molecule has 0 N–H and O–H groups in total. The van der Waals surface area contributed by atoms with E-state index in [0.29, 0.717) is 44.0 Å². The molecule has 0 aliphatic carbocycles. The van der Waals surface area contributed by atoms with Crippen LogP contribution in [-0.4, -0.2) is 68.7 Å². The molecule has 30 heavy (non-hydrogen) atoms. The number of nitrogens with zero attached hydrogens (tertiary/aromatic N) is 2. The zero-order valence-corrected chi connectivity index (χ0v) is 18.3. The van der Waals surface area contributed by atoms with E-state index < -0.39 is 10.0 Å². The lowest BCUT2D eigenvalue weighted by Crippen LogP contribution is -2.50. The molecule has 1 unspecified atom stereocenters. The van der Waals surface area contributed by atoms with E-state index in [-0.39, 0.29) is 18.2 Å². The Kier molecular flexibility index (Phi) is 7.08. The Bertz CT molecular complexity index is 814. The molecule has 1 aromatic carbocycles. The van der Waals surface area contributed by atoms with Crippen molar-refractivity contribution in [2.45, 2.75) is 68.6 Å². The Morgan fingerprint density at radius 3 is 2.30 bits per heavy atom. The van der Waals surface area contributed by atoms with Gasteiger partial charge in [0.25, 0.3) is 0 Å². The van der Waals surface area contributed by atoms with Gasteiger partial charge >= 0.3 is 0 Å². The van der Waals surface area contributed by atoms with Gasteiger partial charge in [-0.1, -0.05) is 18.6 Å². The Morgan fingerprint density at radius 2 is 1.60 bits per heavy atom. The normalized spacial score (nSPS) is 24.3. The number of carbonyl (C=O) groups is 1. The number of amides is 1. The van der Waals surface area contributed by atoms with Gasteiger partial charge in [-0.15, -0.1) is 0 Å². The van der Waals surface area contributed by atoms with Crippen LogP contribution in [-0.2, 0) is 30.7 Å². The van der Waals surface area contributed by atoms with Crippen LogP contribution in [0, 0.1) is 0 Å². The Hall–Kier alpha value is -1.48. The Balaban J connectivity index is 1.34. The zero-order valence-electron chi connectivity index (χ0n) is 17.5. The average Bonchev–Trinajstić information content (AvgIpc) is 3.33. The second kappa shape index (κ2) is 9.77. The summed E-state index contributed by atoms with van der Waals surface area (Å²) in [7, 11) is -3.41. The van der Waals surface area contributed by atoms with Crippen LogP contribution in [0.1, 0.15) is 50.5 Å². The minimum Gasteiger partial charge on any atom is -0.348 e. The van der Waals surface area contributed by atoms with E-state index in [9.17, 15) is 13.2 Å². The lowest BCUT2D eigenvalue weighted by Gasteiger charge is -2.38. The third-order valence-electron chi connectivity index (χ3n) is 6.34. The predicted octanol–water partition coefficient (Wildman–Crippen LogP) is 2.55. The minimum absolute atomic E-state index is 0.00538. The summed E-state index contributed by atoms with van der Waals surface area (Å²) in [6.07, 6.45) is 6.66. The van der Waals surface area contributed by atoms with Gasteiger partial charge in [0, 0.05) is 26.1 Å². The van der Waals surface area contributed by atoms with Gasteiger partial charge in [-0.25, -0.2) is 8.42 Å². The van der Waals surface area contributed by atoms with Crippen molar-refractivity contribution in [3.05, 3.63) is 29.8 Å². The van der Waals surface area contributed by atoms with Crippen LogP contribution < -0.4 is 0 Å². The summed E-state index contributed by atoms with van der Waals surface area (Å²) in [5.74, 6) is 0.115. The minimum atomic E-state index is -3.41. The van der Waals surface area contributed by atoms with Gasteiger partial charge in [-0.05, 0) is 56.2 Å². The van der Waals surface area contributed by atoms with Crippen molar-refractivity contribution in [1.29, 1.82) is 0 Å². The van der Waals surface area contributed by atoms with Gasteiger partial charge in [-0.2, -0.15) is 4.31 Å². The summed E-state index contributed by atoms with van der Waals surface area (Å²) in [5, 5.41) is 0. The molecule has 3 heterocycles. The van der Waals surface area contributed by atoms with E-state index in [2.05, 4.69) is 0 Å². The molecule has 0 aromatic heterocycles. The molecule has 4 rings (SSSR count). The van der Waals surface area contributed by atoms with Gasteiger partial charge < -0.3 is 14.4 Å². The number of piperidine rings is 2. The summed E-state index contributed by atoms with van der Waals surface area (Å²) in [5.41, 5.74) is 0.975. The fourth-order valence-corrected chi connectivity index (χ4v) is 6.14. The molecule has 0 spiro atoms. The van der Waals surface area contributed by atoms with Crippen molar-refractivity contribution in [2.24, 2.45) is 0 Å². The molecule has 3 saturated heterocycles. The molecule has 0 bridgehead atoms. The third kappa shape index (κ3) is 4.88. The highest BCUT2D eigenvalue weighted by molar-refractivity contribution is 7.89. The largest absolute Gasteiger partial charge is 0.348 e. The van der Waals surface area contributed by atoms with E-state index >= 15 is 0 Å². The molecule has 1 aromatic rings. The first-order valence-electron chi connectivity index (χ1n) is 11.2. The number of likely N-dealkylation sites (tertiary alicyclic amines) is 1. The number of sulfonamides is 1. The monoisotopic (exact) mass is 436 g/mol. The highest BCUT2D eigenvalue weighted by Gasteiger charge is 2.36. The highest BCUT2D eigenvalue weighted by atomic mass is 32.2. The first kappa shape index (κ1) is 21.7. The maximum absolute atomic E-state index is 12.9. The summed E-state index contributed by atoms with van der Waals surface area (Å²) < 4.78 is 38.4. The topological polar surface area (TPSA) is 76.2 Å². The van der Waals surface area contributed by atoms with Crippen molar-refractivity contribution < 1.29 is 22.7 Å². The Labute approximate surface area is 179 Å². The van der Waals surface area contributed by atoms with Crippen molar-refractivity contribution in [3.8, 4) is 0 Å². The second-order valence-electron chi connectivity index (χ2n) is 8.37. The molecule has 0 radical (unpaired) electrons. The molecule has 3 fully saturated rings. The van der Waals surface area contributed by atoms with Crippen LogP contribution in [0.15, 0.2) is 29.2 Å². The van der Waals surface area contributed by atoms with Crippen LogP contribution in [0.4, 0.5) is 0 Å². The quantitative estimate of drug-likeness (QED) is 0.685. The van der Waals surface area contributed by atoms with Crippen molar-refractivity contribution >= 4 is 15.9 Å². The van der Waals surface area contributed by atoms with Crippen molar-refractivity contribution in [1.82, 2.24) is 9.21 Å². The molecule has 3 aliphatic rings. The smallest absolute Gasteiger partial charge is 0.243 e. The number of carbonyl (C=O) groups excluding carboxylic acids is 1. The zero-order chi connectivity index (χ0) is 21.0. The number of ether oxygens (including phenoxy) is 2. The van der Waals surface area contributed by atoms with Gasteiger partial charge in [0.05, 0.1) is 24.2 Å². The maximum atomic E-state index is 12.9. The SMILES string of the molecule is O=C(CCc1ccc(S(=O)(=O)N2CCCCC2)cc1)N1CCCCC1C1OCCO1. The van der Waals surface area contributed by atoms with E-state index in [0.717, 1.165) is 50.6 Å². The number of rotatable bonds is 6. The molecule has 1 atom stereocenters. The Morgan fingerprint density at radius 1 is 0.933 bits per heavy atom. The molecule has 1 amide bonds. The van der Waals surface area contributed by atoms with E-state index in [1.165, 1.54) is 0 Å². The summed E-state index contributed by atoms with van der Waals surface area (Å²) in [6, 6.07) is 7.02. The third-order valence-corrected chi connectivity index (χ3v) is 8.25. The van der Waals surface area contributed by atoms with Crippen LogP contribution >= 0.6 is 0 Å². The van der Waals surface area contributed by atoms with Crippen LogP contribution in [0.25, 0.3) is 0 Å². The molecular formula is C22H32N2O5S. The van der Waals surface area contributed by atoms with Crippen molar-refractivity contribution in [2.75, 3.05) is 32.8 Å². The van der Waals surface area contributed by atoms with Gasteiger partial charge in [-0.3, -0.25) is 4.79 Å². The van der Waals surface area contributed by atoms with Gasteiger partial charge in [0.15, 0.2) is 6.29 Å². The highest BCUT2D eigenvalue weighted by Crippen LogP contribution is 2.26. The molecule has 7 nitrogen and oxygen atoms in total. The van der Waals surface area contributed by atoms with Gasteiger partial charge in [0.2, 0.25) is 15.9 Å². The number of hydrogen-bond acceptors (Lipinski definition) is 5. The number of hydrogen-bond donors (Lipinski definition) is 0. The van der Waals surface area contributed by atoms with E-state index in [4.69, 9.17) is 9.47 Å². The maximum Gasteiger partial charge on any atom is 0.243 e. The number of aryl methyl sites for hydroxylation is 1. The first-order chi connectivity index (χ1) is 14.6. The molecule has 0 saturated carbocycles. The van der Waals surface area contributed by atoms with Crippen LogP contribution in [0.5, 0.6) is 0 Å². The lowest BCUT2D eigenvalue weighted by atomic mass is 10.00. The van der Waals surface area contributed by atoms with E-state index in [1.54, 1.807) is 16.4 Å². The van der Waals surface area contributed by atoms with Crippen molar-refractivity contribution in [3.63, 3.8) is 0 Å². The molecule has 8 heteroatoms. The molecular weight excluding hydrogens is 404 g/mol. The average molecular weight is 437 g/mol. The van der Waals surface area contributed by atoms with Crippen LogP contribution in [0.2, 0.25) is 0 Å². The number of benzene rings is 1. The molecule has 3 aliphatic heterocycles. The summed E-state index contributed by atoms with van der Waals surface area (Å²) in [4.78, 5) is 15.1. The molecule has 166 valence electrons. The summed E-state index contributed by atoms with van der Waals surface area (Å²) >= 11 is 0. The fourth-order valence-electron chi connectivity index (χ4n) is 4.63. The first-order valence-corrected chi connectivity index (χ1v) is 12.6. The summed E-state index contributed by atoms with van der Waals surface area (Å²) in [6.45, 7) is 3.14. The van der Waals surface area contributed by atoms with Gasteiger partial charge in [0.1, 0.15) is 0 Å².